The van der Waals surface area contributed by atoms with Crippen molar-refractivity contribution in [1.29, 1.82) is 0 Å². The molecule has 146 valence electrons. The summed E-state index contributed by atoms with van der Waals surface area (Å²) in [5, 5.41) is 6.91. The van der Waals surface area contributed by atoms with E-state index in [1.54, 1.807) is 35.8 Å². The first-order valence-electron chi connectivity index (χ1n) is 8.78. The fourth-order valence-electron chi connectivity index (χ4n) is 3.71. The van der Waals surface area contributed by atoms with Crippen molar-refractivity contribution in [2.24, 2.45) is 0 Å². The molecule has 0 aliphatic rings. The van der Waals surface area contributed by atoms with Crippen LogP contribution in [0.1, 0.15) is 31.0 Å². The number of aromatic nitrogens is 3. The van der Waals surface area contributed by atoms with Gasteiger partial charge in [-0.3, -0.25) is 5.10 Å². The van der Waals surface area contributed by atoms with Gasteiger partial charge >= 0.3 is 0 Å². The molecular formula is C20H19F2N3O2S. The Bertz CT molecular complexity index is 1350. The summed E-state index contributed by atoms with van der Waals surface area (Å²) in [5.74, 6) is -1.16. The predicted octanol–water partition coefficient (Wildman–Crippen LogP) is 4.62. The van der Waals surface area contributed by atoms with Crippen LogP contribution in [0, 0.1) is 18.7 Å². The van der Waals surface area contributed by atoms with E-state index in [1.165, 1.54) is 6.07 Å². The number of hydrogen-bond acceptors (Lipinski definition) is 3. The topological polar surface area (TPSA) is 67.8 Å². The van der Waals surface area contributed by atoms with Crippen LogP contribution in [0.5, 0.6) is 0 Å². The van der Waals surface area contributed by atoms with Crippen molar-refractivity contribution >= 4 is 31.6 Å². The highest BCUT2D eigenvalue weighted by Crippen LogP contribution is 2.39. The molecular weight excluding hydrogens is 384 g/mol. The first-order chi connectivity index (χ1) is 13.1. The van der Waals surface area contributed by atoms with Crippen molar-refractivity contribution in [2.45, 2.75) is 31.6 Å². The molecule has 5 nitrogen and oxygen atoms in total. The minimum Gasteiger partial charge on any atom is -0.312 e. The van der Waals surface area contributed by atoms with Crippen LogP contribution < -0.4 is 0 Å². The Morgan fingerprint density at radius 2 is 1.82 bits per heavy atom. The number of nitrogens with zero attached hydrogens (tertiary/aromatic N) is 2. The molecule has 0 spiro atoms. The van der Waals surface area contributed by atoms with Crippen LogP contribution in [0.15, 0.2) is 35.2 Å². The van der Waals surface area contributed by atoms with E-state index in [1.807, 2.05) is 13.8 Å². The standard InChI is InChI=1S/C20H19F2N3O2S/c1-10(2)18-19(28(4,26)27)14-8-16-13(20(22)24-23-16)9-17(14)25(18)12-5-6-15(21)11(3)7-12/h5-10H,1-4H3,(H,23,24). The number of nitrogens with one attached hydrogen (secondary N) is 1. The van der Waals surface area contributed by atoms with Gasteiger partial charge in [0, 0.05) is 23.0 Å². The summed E-state index contributed by atoms with van der Waals surface area (Å²) >= 11 is 0. The van der Waals surface area contributed by atoms with Gasteiger partial charge in [-0.15, -0.1) is 5.10 Å². The number of rotatable bonds is 3. The molecule has 0 atom stereocenters. The third-order valence-corrected chi connectivity index (χ3v) is 6.08. The molecule has 0 saturated carbocycles. The van der Waals surface area contributed by atoms with Gasteiger partial charge in [-0.1, -0.05) is 13.8 Å². The SMILES string of the molecule is Cc1cc(-n2c(C(C)C)c(S(C)(=O)=O)c3cc4[nH]nc(F)c4cc32)ccc1F. The number of benzene rings is 2. The third kappa shape index (κ3) is 2.71. The fourth-order valence-corrected chi connectivity index (χ4v) is 4.98. The smallest absolute Gasteiger partial charge is 0.240 e. The molecule has 2 aromatic carbocycles. The number of aromatic amines is 1. The van der Waals surface area contributed by atoms with Crippen molar-refractivity contribution < 1.29 is 17.2 Å². The van der Waals surface area contributed by atoms with Crippen LogP contribution in [0.2, 0.25) is 0 Å². The summed E-state index contributed by atoms with van der Waals surface area (Å²) in [7, 11) is -3.60. The number of H-pyrrole nitrogens is 1. The van der Waals surface area contributed by atoms with Gasteiger partial charge in [-0.2, -0.15) is 4.39 Å². The predicted molar refractivity (Wildman–Crippen MR) is 105 cm³/mol. The largest absolute Gasteiger partial charge is 0.312 e. The number of aryl methyl sites for hydroxylation is 1. The van der Waals surface area contributed by atoms with Crippen molar-refractivity contribution in [3.8, 4) is 5.69 Å². The normalized spacial score (nSPS) is 12.5. The zero-order valence-electron chi connectivity index (χ0n) is 15.8. The maximum absolute atomic E-state index is 14.1. The van der Waals surface area contributed by atoms with Gasteiger partial charge in [0.15, 0.2) is 9.84 Å². The van der Waals surface area contributed by atoms with Crippen LogP contribution in [-0.4, -0.2) is 29.4 Å². The second-order valence-electron chi connectivity index (χ2n) is 7.34. The van der Waals surface area contributed by atoms with Crippen molar-refractivity contribution in [2.75, 3.05) is 6.26 Å². The molecule has 0 fully saturated rings. The first kappa shape index (κ1) is 18.6. The second kappa shape index (κ2) is 6.13. The Kier molecular flexibility index (Phi) is 4.08. The third-order valence-electron chi connectivity index (χ3n) is 4.91. The van der Waals surface area contributed by atoms with E-state index in [-0.39, 0.29) is 22.0 Å². The molecule has 4 rings (SSSR count). The summed E-state index contributed by atoms with van der Waals surface area (Å²) in [6.45, 7) is 5.43. The van der Waals surface area contributed by atoms with Crippen LogP contribution in [0.25, 0.3) is 27.5 Å². The van der Waals surface area contributed by atoms with Gasteiger partial charge in [0.05, 0.1) is 21.3 Å². The van der Waals surface area contributed by atoms with Crippen molar-refractivity contribution in [3.63, 3.8) is 0 Å². The molecule has 2 aromatic heterocycles. The summed E-state index contributed by atoms with van der Waals surface area (Å²) in [4.78, 5) is 0.191. The second-order valence-corrected chi connectivity index (χ2v) is 9.29. The molecule has 8 heteroatoms. The molecule has 0 bridgehead atoms. The van der Waals surface area contributed by atoms with E-state index >= 15 is 0 Å². The zero-order valence-corrected chi connectivity index (χ0v) is 16.7. The fraction of sp³-hybridized carbons (Fsp3) is 0.250. The average Bonchev–Trinajstić information content (AvgIpc) is 3.13. The summed E-state index contributed by atoms with van der Waals surface area (Å²) in [6, 6.07) is 7.79. The van der Waals surface area contributed by atoms with E-state index in [4.69, 9.17) is 0 Å². The van der Waals surface area contributed by atoms with Gasteiger partial charge in [0.2, 0.25) is 5.95 Å². The molecule has 0 saturated heterocycles. The number of hydrogen-bond donors (Lipinski definition) is 1. The Morgan fingerprint density at radius 1 is 1.11 bits per heavy atom. The highest BCUT2D eigenvalue weighted by atomic mass is 32.2. The van der Waals surface area contributed by atoms with E-state index < -0.39 is 15.8 Å². The van der Waals surface area contributed by atoms with Crippen LogP contribution in [0.4, 0.5) is 8.78 Å². The van der Waals surface area contributed by atoms with Crippen LogP contribution in [0.3, 0.4) is 0 Å². The Hall–Kier alpha value is -2.74. The maximum Gasteiger partial charge on any atom is 0.240 e. The van der Waals surface area contributed by atoms with Crippen molar-refractivity contribution in [1.82, 2.24) is 14.8 Å². The van der Waals surface area contributed by atoms with Gasteiger partial charge in [-0.05, 0) is 48.7 Å². The highest BCUT2D eigenvalue weighted by Gasteiger charge is 2.28. The number of sulfone groups is 1. The highest BCUT2D eigenvalue weighted by molar-refractivity contribution is 7.91. The maximum atomic E-state index is 14.1. The van der Waals surface area contributed by atoms with E-state index in [2.05, 4.69) is 10.2 Å². The summed E-state index contributed by atoms with van der Waals surface area (Å²) in [6.07, 6.45) is 1.16. The molecule has 0 aliphatic heterocycles. The van der Waals surface area contributed by atoms with Gasteiger partial charge < -0.3 is 4.57 Å². The zero-order chi connectivity index (χ0) is 20.4. The lowest BCUT2D eigenvalue weighted by atomic mass is 10.1. The van der Waals surface area contributed by atoms with E-state index in [0.29, 0.717) is 33.4 Å². The lowest BCUT2D eigenvalue weighted by Crippen LogP contribution is -2.07. The number of halogens is 2. The Morgan fingerprint density at radius 3 is 2.43 bits per heavy atom. The lowest BCUT2D eigenvalue weighted by Gasteiger charge is -2.15. The van der Waals surface area contributed by atoms with E-state index in [9.17, 15) is 17.2 Å². The minimum absolute atomic E-state index is 0.149. The van der Waals surface area contributed by atoms with E-state index in [0.717, 1.165) is 6.26 Å². The Labute approximate surface area is 160 Å². The molecule has 0 radical (unpaired) electrons. The van der Waals surface area contributed by atoms with Gasteiger partial charge in [-0.25, -0.2) is 12.8 Å². The lowest BCUT2D eigenvalue weighted by molar-refractivity contribution is 0.588. The molecule has 28 heavy (non-hydrogen) atoms. The molecule has 2 heterocycles. The average molecular weight is 403 g/mol. The quantitative estimate of drug-likeness (QED) is 0.543. The van der Waals surface area contributed by atoms with Crippen LogP contribution >= 0.6 is 0 Å². The molecule has 4 aromatic rings. The monoisotopic (exact) mass is 403 g/mol. The van der Waals surface area contributed by atoms with Crippen LogP contribution in [-0.2, 0) is 9.84 Å². The van der Waals surface area contributed by atoms with Crippen molar-refractivity contribution in [3.05, 3.63) is 53.4 Å². The molecule has 0 unspecified atom stereocenters. The minimum atomic E-state index is -3.60. The molecule has 0 aliphatic carbocycles. The summed E-state index contributed by atoms with van der Waals surface area (Å²) in [5.41, 5.74) is 2.57. The first-order valence-corrected chi connectivity index (χ1v) is 10.7. The Balaban J connectivity index is 2.26. The van der Waals surface area contributed by atoms with Gasteiger partial charge in [0.1, 0.15) is 5.82 Å². The number of fused-ring (bicyclic) bond motifs is 2. The molecule has 1 N–H and O–H groups in total. The summed E-state index contributed by atoms with van der Waals surface area (Å²) < 4.78 is 55.1. The molecule has 0 amide bonds. The van der Waals surface area contributed by atoms with Gasteiger partial charge in [0.25, 0.3) is 0 Å².